The quantitative estimate of drug-likeness (QED) is 0.778. The Hall–Kier alpha value is -2.23. The lowest BCUT2D eigenvalue weighted by Gasteiger charge is -2.35. The van der Waals surface area contributed by atoms with E-state index in [1.165, 1.54) is 10.6 Å². The van der Waals surface area contributed by atoms with Crippen molar-refractivity contribution in [3.05, 3.63) is 47.8 Å². The van der Waals surface area contributed by atoms with Crippen molar-refractivity contribution in [3.8, 4) is 0 Å². The van der Waals surface area contributed by atoms with Crippen molar-refractivity contribution in [1.82, 2.24) is 14.9 Å². The van der Waals surface area contributed by atoms with Gasteiger partial charge in [-0.05, 0) is 36.1 Å². The van der Waals surface area contributed by atoms with Crippen LogP contribution in [0.3, 0.4) is 0 Å². The first-order chi connectivity index (χ1) is 13.9. The van der Waals surface area contributed by atoms with E-state index in [1.54, 1.807) is 12.4 Å². The molecular formula is C20H27N5O3S. The van der Waals surface area contributed by atoms with Gasteiger partial charge in [0.2, 0.25) is 16.0 Å². The molecule has 4 rings (SSSR count). The van der Waals surface area contributed by atoms with Crippen LogP contribution in [0.4, 0.5) is 11.6 Å². The van der Waals surface area contributed by atoms with Gasteiger partial charge in [-0.2, -0.15) is 0 Å². The van der Waals surface area contributed by atoms with Crippen molar-refractivity contribution in [1.29, 1.82) is 0 Å². The number of aryl methyl sites for hydroxylation is 1. The maximum absolute atomic E-state index is 12.0. The van der Waals surface area contributed by atoms with Gasteiger partial charge in [-0.3, -0.25) is 9.21 Å². The Bertz CT molecular complexity index is 946. The highest BCUT2D eigenvalue weighted by atomic mass is 32.2. The topological polar surface area (TPSA) is 89.9 Å². The van der Waals surface area contributed by atoms with Crippen molar-refractivity contribution in [2.45, 2.75) is 18.9 Å². The van der Waals surface area contributed by atoms with Crippen molar-refractivity contribution >= 4 is 21.7 Å². The Labute approximate surface area is 171 Å². The highest BCUT2D eigenvalue weighted by Crippen LogP contribution is 2.31. The summed E-state index contributed by atoms with van der Waals surface area (Å²) < 4.78 is 25.5. The Morgan fingerprint density at radius 3 is 2.52 bits per heavy atom. The third-order valence-corrected chi connectivity index (χ3v) is 6.78. The predicted molar refractivity (Wildman–Crippen MR) is 113 cm³/mol. The van der Waals surface area contributed by atoms with Gasteiger partial charge < -0.3 is 10.0 Å². The lowest BCUT2D eigenvalue weighted by molar-refractivity contribution is 0.109. The summed E-state index contributed by atoms with van der Waals surface area (Å²) >= 11 is 0. The van der Waals surface area contributed by atoms with E-state index in [9.17, 15) is 13.5 Å². The van der Waals surface area contributed by atoms with Crippen LogP contribution in [-0.4, -0.2) is 73.9 Å². The molecule has 1 aromatic carbocycles. The van der Waals surface area contributed by atoms with Crippen molar-refractivity contribution < 1.29 is 13.5 Å². The monoisotopic (exact) mass is 417 g/mol. The molecule has 156 valence electrons. The molecule has 0 radical (unpaired) electrons. The van der Waals surface area contributed by atoms with Crippen LogP contribution in [0.25, 0.3) is 0 Å². The number of rotatable bonds is 5. The summed E-state index contributed by atoms with van der Waals surface area (Å²) in [4.78, 5) is 13.0. The number of hydrogen-bond donors (Lipinski definition) is 1. The average Bonchev–Trinajstić information content (AvgIpc) is 2.73. The zero-order valence-electron chi connectivity index (χ0n) is 16.6. The van der Waals surface area contributed by atoms with Gasteiger partial charge in [0.15, 0.2) is 0 Å². The molecule has 0 saturated carbocycles. The van der Waals surface area contributed by atoms with E-state index >= 15 is 0 Å². The third-order valence-electron chi connectivity index (χ3n) is 5.60. The van der Waals surface area contributed by atoms with E-state index in [0.29, 0.717) is 13.1 Å². The number of benzene rings is 1. The molecule has 1 aromatic heterocycles. The molecule has 9 heteroatoms. The number of aliphatic hydroxyl groups is 1. The zero-order chi connectivity index (χ0) is 20.4. The molecule has 29 heavy (non-hydrogen) atoms. The number of piperazine rings is 1. The van der Waals surface area contributed by atoms with Gasteiger partial charge in [-0.25, -0.2) is 18.4 Å². The van der Waals surface area contributed by atoms with Crippen molar-refractivity contribution in [3.63, 3.8) is 0 Å². The maximum Gasteiger partial charge on any atom is 0.232 e. The first-order valence-corrected chi connectivity index (χ1v) is 11.8. The fourth-order valence-electron chi connectivity index (χ4n) is 4.07. The molecule has 8 nitrogen and oxygen atoms in total. The van der Waals surface area contributed by atoms with Crippen LogP contribution in [0, 0.1) is 0 Å². The van der Waals surface area contributed by atoms with Gasteiger partial charge in [-0.1, -0.05) is 12.1 Å². The lowest BCUT2D eigenvalue weighted by Crippen LogP contribution is -2.48. The SMILES string of the molecule is CS(=O)(=O)N1CCCc2cc([C@@H](O)CN3CCN(c4ncccn4)CC3)ccc21. The van der Waals surface area contributed by atoms with E-state index in [1.807, 2.05) is 24.3 Å². The van der Waals surface area contributed by atoms with Crippen LogP contribution >= 0.6 is 0 Å². The average molecular weight is 418 g/mol. The fourth-order valence-corrected chi connectivity index (χ4v) is 5.07. The smallest absolute Gasteiger partial charge is 0.232 e. The number of sulfonamides is 1. The van der Waals surface area contributed by atoms with E-state index in [0.717, 1.165) is 61.8 Å². The molecule has 3 heterocycles. The summed E-state index contributed by atoms with van der Waals surface area (Å²) in [6.45, 7) is 4.39. The minimum absolute atomic E-state index is 0.517. The van der Waals surface area contributed by atoms with Crippen LogP contribution in [0.2, 0.25) is 0 Å². The number of β-amino-alcohol motifs (C(OH)–C–C–N with tert-alkyl or cyclic N) is 1. The van der Waals surface area contributed by atoms with Crippen LogP contribution < -0.4 is 9.21 Å². The number of hydrogen-bond acceptors (Lipinski definition) is 7. The Balaban J connectivity index is 1.39. The van der Waals surface area contributed by atoms with Gasteiger partial charge in [0.25, 0.3) is 0 Å². The largest absolute Gasteiger partial charge is 0.387 e. The van der Waals surface area contributed by atoms with Crippen LogP contribution in [0.5, 0.6) is 0 Å². The normalized spacial score (nSPS) is 19.1. The Morgan fingerprint density at radius 1 is 1.10 bits per heavy atom. The van der Waals surface area contributed by atoms with E-state index in [4.69, 9.17) is 0 Å². The summed E-state index contributed by atoms with van der Waals surface area (Å²) in [5, 5.41) is 10.8. The number of nitrogens with zero attached hydrogens (tertiary/aromatic N) is 5. The summed E-state index contributed by atoms with van der Waals surface area (Å²) in [5.41, 5.74) is 2.57. The molecule has 1 saturated heterocycles. The van der Waals surface area contributed by atoms with Crippen molar-refractivity contribution in [2.75, 3.05) is 54.7 Å². The molecular weight excluding hydrogens is 390 g/mol. The zero-order valence-corrected chi connectivity index (χ0v) is 17.4. The summed E-state index contributed by atoms with van der Waals surface area (Å²) in [6.07, 6.45) is 5.76. The van der Waals surface area contributed by atoms with Crippen LogP contribution in [0.1, 0.15) is 23.7 Å². The summed E-state index contributed by atoms with van der Waals surface area (Å²) in [5.74, 6) is 0.748. The molecule has 2 aromatic rings. The number of fused-ring (bicyclic) bond motifs is 1. The second kappa shape index (κ2) is 8.25. The minimum atomic E-state index is -3.28. The van der Waals surface area contributed by atoms with E-state index < -0.39 is 16.1 Å². The number of aliphatic hydroxyl groups excluding tert-OH is 1. The third kappa shape index (κ3) is 4.52. The highest BCUT2D eigenvalue weighted by Gasteiger charge is 2.26. The molecule has 0 aliphatic carbocycles. The molecule has 1 fully saturated rings. The second-order valence-corrected chi connectivity index (χ2v) is 9.59. The number of anilines is 2. The Morgan fingerprint density at radius 2 is 1.83 bits per heavy atom. The van der Waals surface area contributed by atoms with Gasteiger partial charge >= 0.3 is 0 Å². The van der Waals surface area contributed by atoms with Crippen LogP contribution in [-0.2, 0) is 16.4 Å². The lowest BCUT2D eigenvalue weighted by atomic mass is 9.98. The molecule has 0 spiro atoms. The molecule has 1 atom stereocenters. The molecule has 0 unspecified atom stereocenters. The van der Waals surface area contributed by atoms with Gasteiger partial charge in [0, 0.05) is 51.7 Å². The predicted octanol–water partition coefficient (Wildman–Crippen LogP) is 1.04. The standard InChI is InChI=1S/C20H27N5O3S/c1-29(27,28)25-9-2-4-16-14-17(5-6-18(16)25)19(26)15-23-10-12-24(13-11-23)20-21-7-3-8-22-20/h3,5-8,14,19,26H,2,4,9-13,15H2,1H3/t19-/m0/s1. The Kier molecular flexibility index (Phi) is 5.71. The fraction of sp³-hybridized carbons (Fsp3) is 0.500. The molecule has 2 aliphatic heterocycles. The molecule has 2 aliphatic rings. The van der Waals surface area contributed by atoms with Crippen molar-refractivity contribution in [2.24, 2.45) is 0 Å². The number of aromatic nitrogens is 2. The van der Waals surface area contributed by atoms with Crippen LogP contribution in [0.15, 0.2) is 36.7 Å². The highest BCUT2D eigenvalue weighted by molar-refractivity contribution is 7.92. The van der Waals surface area contributed by atoms with Gasteiger partial charge in [-0.15, -0.1) is 0 Å². The molecule has 0 amide bonds. The summed E-state index contributed by atoms with van der Waals surface area (Å²) in [7, 11) is -3.28. The van der Waals surface area contributed by atoms with E-state index in [2.05, 4.69) is 19.8 Å². The summed E-state index contributed by atoms with van der Waals surface area (Å²) in [6, 6.07) is 7.45. The molecule has 0 bridgehead atoms. The molecule has 1 N–H and O–H groups in total. The first kappa shape index (κ1) is 20.1. The van der Waals surface area contributed by atoms with E-state index in [-0.39, 0.29) is 0 Å². The van der Waals surface area contributed by atoms with Gasteiger partial charge in [0.05, 0.1) is 18.0 Å². The second-order valence-electron chi connectivity index (χ2n) is 7.68. The first-order valence-electron chi connectivity index (χ1n) is 9.95. The van der Waals surface area contributed by atoms with Gasteiger partial charge in [0.1, 0.15) is 0 Å². The minimum Gasteiger partial charge on any atom is -0.387 e. The maximum atomic E-state index is 12.0.